The minimum Gasteiger partial charge on any atom is -0.497 e. The zero-order valence-corrected chi connectivity index (χ0v) is 16.7. The number of amides is 2. The number of anilines is 1. The monoisotopic (exact) mass is 416 g/mol. The first kappa shape index (κ1) is 19.8. The van der Waals surface area contributed by atoms with Crippen LogP contribution in [0, 0.1) is 0 Å². The van der Waals surface area contributed by atoms with Gasteiger partial charge in [-0.15, -0.1) is 10.2 Å². The van der Waals surface area contributed by atoms with Crippen molar-refractivity contribution in [2.75, 3.05) is 12.4 Å². The summed E-state index contributed by atoms with van der Waals surface area (Å²) in [4.78, 5) is 24.6. The van der Waals surface area contributed by atoms with E-state index in [0.29, 0.717) is 26.5 Å². The van der Waals surface area contributed by atoms with E-state index in [1.165, 1.54) is 11.3 Å². The first-order valence-electron chi connectivity index (χ1n) is 8.31. The van der Waals surface area contributed by atoms with Crippen molar-refractivity contribution in [1.29, 1.82) is 0 Å². The molecule has 144 valence electrons. The molecule has 0 saturated heterocycles. The molecule has 2 aromatic carbocycles. The number of benzene rings is 2. The lowest BCUT2D eigenvalue weighted by Crippen LogP contribution is -2.41. The molecule has 1 atom stereocenters. The molecule has 7 nitrogen and oxygen atoms in total. The van der Waals surface area contributed by atoms with Crippen LogP contribution in [-0.2, 0) is 4.79 Å². The molecule has 0 radical (unpaired) electrons. The van der Waals surface area contributed by atoms with E-state index in [-0.39, 0.29) is 5.91 Å². The average Bonchev–Trinajstić information content (AvgIpc) is 3.17. The molecule has 1 heterocycles. The predicted molar refractivity (Wildman–Crippen MR) is 109 cm³/mol. The lowest BCUT2D eigenvalue weighted by molar-refractivity contribution is -0.117. The van der Waals surface area contributed by atoms with Crippen molar-refractivity contribution in [2.45, 2.75) is 13.0 Å². The minimum atomic E-state index is -0.757. The number of hydrogen-bond donors (Lipinski definition) is 2. The number of methoxy groups -OCH3 is 1. The third-order valence-corrected chi connectivity index (χ3v) is 4.96. The fraction of sp³-hybridized carbons (Fsp3) is 0.158. The third kappa shape index (κ3) is 4.85. The Morgan fingerprint density at radius 2 is 1.89 bits per heavy atom. The molecule has 1 unspecified atom stereocenters. The highest BCUT2D eigenvalue weighted by atomic mass is 35.5. The molecule has 0 aliphatic rings. The summed E-state index contributed by atoms with van der Waals surface area (Å²) >= 11 is 7.04. The Morgan fingerprint density at radius 3 is 2.61 bits per heavy atom. The molecule has 0 aliphatic carbocycles. The number of carbonyl (C=O) groups is 2. The summed E-state index contributed by atoms with van der Waals surface area (Å²) in [7, 11) is 1.59. The second-order valence-electron chi connectivity index (χ2n) is 5.84. The maximum atomic E-state index is 12.4. The lowest BCUT2D eigenvalue weighted by atomic mass is 10.2. The Bertz CT molecular complexity index is 991. The molecule has 0 spiro atoms. The lowest BCUT2D eigenvalue weighted by Gasteiger charge is -2.12. The zero-order chi connectivity index (χ0) is 20.1. The summed E-state index contributed by atoms with van der Waals surface area (Å²) in [6, 6.07) is 13.0. The molecule has 2 amide bonds. The average molecular weight is 417 g/mol. The van der Waals surface area contributed by atoms with Crippen LogP contribution in [0.15, 0.2) is 48.5 Å². The highest BCUT2D eigenvalue weighted by molar-refractivity contribution is 7.18. The van der Waals surface area contributed by atoms with Gasteiger partial charge in [0.05, 0.1) is 7.11 Å². The van der Waals surface area contributed by atoms with E-state index in [9.17, 15) is 9.59 Å². The van der Waals surface area contributed by atoms with Crippen LogP contribution in [0.25, 0.3) is 10.6 Å². The van der Waals surface area contributed by atoms with Crippen molar-refractivity contribution >= 4 is 39.9 Å². The molecular formula is C19H17ClN4O3S. The summed E-state index contributed by atoms with van der Waals surface area (Å²) < 4.78 is 5.20. The van der Waals surface area contributed by atoms with Crippen LogP contribution in [0.1, 0.15) is 17.3 Å². The first-order chi connectivity index (χ1) is 13.5. The Hall–Kier alpha value is -2.97. The van der Waals surface area contributed by atoms with Crippen LogP contribution in [-0.4, -0.2) is 35.2 Å². The molecule has 3 rings (SSSR count). The van der Waals surface area contributed by atoms with E-state index in [0.717, 1.165) is 5.56 Å². The van der Waals surface area contributed by atoms with Gasteiger partial charge in [0.15, 0.2) is 0 Å². The number of halogens is 1. The summed E-state index contributed by atoms with van der Waals surface area (Å²) in [5.74, 6) is -0.0545. The van der Waals surface area contributed by atoms with Crippen LogP contribution in [0.2, 0.25) is 5.02 Å². The minimum absolute atomic E-state index is 0.343. The van der Waals surface area contributed by atoms with Gasteiger partial charge >= 0.3 is 0 Å². The van der Waals surface area contributed by atoms with Gasteiger partial charge < -0.3 is 10.1 Å². The molecule has 0 aliphatic heterocycles. The molecule has 3 aromatic rings. The molecular weight excluding hydrogens is 400 g/mol. The van der Waals surface area contributed by atoms with E-state index in [2.05, 4.69) is 20.8 Å². The van der Waals surface area contributed by atoms with E-state index >= 15 is 0 Å². The van der Waals surface area contributed by atoms with Crippen molar-refractivity contribution in [2.24, 2.45) is 0 Å². The van der Waals surface area contributed by atoms with Crippen molar-refractivity contribution < 1.29 is 14.3 Å². The third-order valence-electron chi connectivity index (χ3n) is 3.82. The largest absolute Gasteiger partial charge is 0.497 e. The standard InChI is InChI=1S/C19H17ClN4O3S/c1-11(21-17(26)12-6-8-14(20)9-7-12)16(25)22-19-24-23-18(28-19)13-4-3-5-15(10-13)27-2/h3-11H,1-2H3,(H,21,26)(H,22,24,25). The van der Waals surface area contributed by atoms with Crippen LogP contribution >= 0.6 is 22.9 Å². The van der Waals surface area contributed by atoms with Gasteiger partial charge in [-0.3, -0.25) is 14.9 Å². The molecule has 0 bridgehead atoms. The molecule has 0 fully saturated rings. The maximum Gasteiger partial charge on any atom is 0.251 e. The van der Waals surface area contributed by atoms with E-state index in [1.807, 2.05) is 24.3 Å². The number of aromatic nitrogens is 2. The molecule has 0 saturated carbocycles. The fourth-order valence-electron chi connectivity index (χ4n) is 2.31. The smallest absolute Gasteiger partial charge is 0.251 e. The Labute approximate surface area is 170 Å². The molecule has 9 heteroatoms. The van der Waals surface area contributed by atoms with Crippen molar-refractivity contribution in [1.82, 2.24) is 15.5 Å². The summed E-state index contributed by atoms with van der Waals surface area (Å²) in [6.07, 6.45) is 0. The summed E-state index contributed by atoms with van der Waals surface area (Å²) in [6.45, 7) is 1.59. The maximum absolute atomic E-state index is 12.4. The fourth-order valence-corrected chi connectivity index (χ4v) is 3.18. The normalized spacial score (nSPS) is 11.5. The van der Waals surface area contributed by atoms with E-state index in [1.54, 1.807) is 38.3 Å². The Morgan fingerprint density at radius 1 is 1.14 bits per heavy atom. The SMILES string of the molecule is COc1cccc(-c2nnc(NC(=O)C(C)NC(=O)c3ccc(Cl)cc3)s2)c1. The highest BCUT2D eigenvalue weighted by Crippen LogP contribution is 2.28. The Balaban J connectivity index is 1.62. The van der Waals surface area contributed by atoms with Gasteiger partial charge in [0.2, 0.25) is 11.0 Å². The van der Waals surface area contributed by atoms with Crippen molar-refractivity contribution in [3.05, 3.63) is 59.1 Å². The quantitative estimate of drug-likeness (QED) is 0.640. The summed E-state index contributed by atoms with van der Waals surface area (Å²) in [5.41, 5.74) is 1.25. The first-order valence-corrected chi connectivity index (χ1v) is 9.51. The van der Waals surface area contributed by atoms with Gasteiger partial charge in [-0.05, 0) is 43.3 Å². The predicted octanol–water partition coefficient (Wildman–Crippen LogP) is 3.62. The van der Waals surface area contributed by atoms with Crippen LogP contribution in [0.5, 0.6) is 5.75 Å². The van der Waals surface area contributed by atoms with Gasteiger partial charge in [-0.2, -0.15) is 0 Å². The van der Waals surface area contributed by atoms with E-state index < -0.39 is 11.9 Å². The second kappa shape index (κ2) is 8.81. The topological polar surface area (TPSA) is 93.2 Å². The van der Waals surface area contributed by atoms with E-state index in [4.69, 9.17) is 16.3 Å². The van der Waals surface area contributed by atoms with Crippen molar-refractivity contribution in [3.8, 4) is 16.3 Å². The van der Waals surface area contributed by atoms with Crippen LogP contribution < -0.4 is 15.4 Å². The van der Waals surface area contributed by atoms with Gasteiger partial charge in [-0.25, -0.2) is 0 Å². The second-order valence-corrected chi connectivity index (χ2v) is 7.25. The van der Waals surface area contributed by atoms with Gasteiger partial charge in [0.1, 0.15) is 16.8 Å². The van der Waals surface area contributed by atoms with Crippen molar-refractivity contribution in [3.63, 3.8) is 0 Å². The van der Waals surface area contributed by atoms with Gasteiger partial charge in [0.25, 0.3) is 5.91 Å². The number of ether oxygens (including phenoxy) is 1. The van der Waals surface area contributed by atoms with Crippen LogP contribution in [0.4, 0.5) is 5.13 Å². The highest BCUT2D eigenvalue weighted by Gasteiger charge is 2.18. The van der Waals surface area contributed by atoms with Gasteiger partial charge in [0, 0.05) is 16.1 Å². The number of rotatable bonds is 6. The zero-order valence-electron chi connectivity index (χ0n) is 15.1. The summed E-state index contributed by atoms with van der Waals surface area (Å²) in [5, 5.41) is 14.9. The molecule has 28 heavy (non-hydrogen) atoms. The number of nitrogens with one attached hydrogen (secondary N) is 2. The van der Waals surface area contributed by atoms with Gasteiger partial charge in [-0.1, -0.05) is 35.1 Å². The Kier molecular flexibility index (Phi) is 6.23. The molecule has 1 aromatic heterocycles. The van der Waals surface area contributed by atoms with Crippen LogP contribution in [0.3, 0.4) is 0 Å². The number of hydrogen-bond acceptors (Lipinski definition) is 6. The number of carbonyl (C=O) groups excluding carboxylic acids is 2. The molecule has 2 N–H and O–H groups in total. The number of nitrogens with zero attached hydrogens (tertiary/aromatic N) is 2.